The molecule has 5 heteroatoms. The van der Waals surface area contributed by atoms with E-state index in [1.165, 1.54) is 36.1 Å². The molecule has 0 unspecified atom stereocenters. The van der Waals surface area contributed by atoms with Gasteiger partial charge in [-0.1, -0.05) is 12.1 Å². The Kier molecular flexibility index (Phi) is 5.19. The largest absolute Gasteiger partial charge is 0.368 e. The summed E-state index contributed by atoms with van der Waals surface area (Å²) in [6.07, 6.45) is 3.88. The lowest BCUT2D eigenvalue weighted by molar-refractivity contribution is 0.572. The predicted octanol–water partition coefficient (Wildman–Crippen LogP) is 3.72. The third-order valence-electron chi connectivity index (χ3n) is 6.01. The molecule has 1 aromatic carbocycles. The van der Waals surface area contributed by atoms with Crippen LogP contribution >= 0.6 is 0 Å². The molecule has 0 saturated carbocycles. The van der Waals surface area contributed by atoms with Crippen molar-refractivity contribution in [2.75, 3.05) is 54.0 Å². The molecule has 2 fully saturated rings. The van der Waals surface area contributed by atoms with Crippen molar-refractivity contribution in [3.63, 3.8) is 0 Å². The SMILES string of the molecule is Cc1nc(N2CCCCC2)cc(N2CCN(c3cccc(C)c3C)CC2)n1. The maximum absolute atomic E-state index is 4.75. The van der Waals surface area contributed by atoms with Gasteiger partial charge < -0.3 is 14.7 Å². The van der Waals surface area contributed by atoms with Crippen LogP contribution in [0, 0.1) is 20.8 Å². The number of hydrogen-bond donors (Lipinski definition) is 0. The molecule has 0 aliphatic carbocycles. The van der Waals surface area contributed by atoms with E-state index in [2.05, 4.69) is 52.8 Å². The van der Waals surface area contributed by atoms with Crippen LogP contribution in [-0.2, 0) is 0 Å². The molecule has 5 nitrogen and oxygen atoms in total. The Balaban J connectivity index is 1.48. The van der Waals surface area contributed by atoms with Crippen LogP contribution < -0.4 is 14.7 Å². The standard InChI is InChI=1S/C22H31N5/c1-17-8-7-9-20(18(17)2)25-12-14-27(15-13-25)22-16-21(23-19(3)24-22)26-10-5-4-6-11-26/h7-9,16H,4-6,10-15H2,1-3H3. The Morgan fingerprint density at radius 3 is 1.96 bits per heavy atom. The van der Waals surface area contributed by atoms with Gasteiger partial charge in [0.15, 0.2) is 0 Å². The zero-order valence-corrected chi connectivity index (χ0v) is 16.9. The van der Waals surface area contributed by atoms with Crippen LogP contribution in [0.2, 0.25) is 0 Å². The summed E-state index contributed by atoms with van der Waals surface area (Å²) < 4.78 is 0. The number of anilines is 3. The Morgan fingerprint density at radius 1 is 0.704 bits per heavy atom. The van der Waals surface area contributed by atoms with Crippen molar-refractivity contribution < 1.29 is 0 Å². The monoisotopic (exact) mass is 365 g/mol. The summed E-state index contributed by atoms with van der Waals surface area (Å²) in [5.74, 6) is 3.07. The molecule has 0 atom stereocenters. The number of benzene rings is 1. The summed E-state index contributed by atoms with van der Waals surface area (Å²) in [7, 11) is 0. The van der Waals surface area contributed by atoms with Crippen molar-refractivity contribution in [3.05, 3.63) is 41.2 Å². The average Bonchev–Trinajstić information content (AvgIpc) is 2.70. The van der Waals surface area contributed by atoms with E-state index in [0.717, 1.165) is 56.7 Å². The first-order valence-corrected chi connectivity index (χ1v) is 10.3. The Bertz CT molecular complexity index is 789. The number of rotatable bonds is 3. The second-order valence-corrected chi connectivity index (χ2v) is 7.87. The van der Waals surface area contributed by atoms with Gasteiger partial charge in [0.25, 0.3) is 0 Å². The highest BCUT2D eigenvalue weighted by Gasteiger charge is 2.22. The van der Waals surface area contributed by atoms with Gasteiger partial charge in [-0.3, -0.25) is 0 Å². The number of piperazine rings is 1. The third kappa shape index (κ3) is 3.87. The highest BCUT2D eigenvalue weighted by molar-refractivity contribution is 5.58. The van der Waals surface area contributed by atoms with E-state index in [-0.39, 0.29) is 0 Å². The summed E-state index contributed by atoms with van der Waals surface area (Å²) in [6, 6.07) is 8.82. The van der Waals surface area contributed by atoms with Crippen LogP contribution in [0.1, 0.15) is 36.2 Å². The van der Waals surface area contributed by atoms with Crippen molar-refractivity contribution in [2.45, 2.75) is 40.0 Å². The molecule has 0 amide bonds. The number of hydrogen-bond acceptors (Lipinski definition) is 5. The maximum Gasteiger partial charge on any atom is 0.134 e. The van der Waals surface area contributed by atoms with E-state index < -0.39 is 0 Å². The van der Waals surface area contributed by atoms with Gasteiger partial charge in [0.2, 0.25) is 0 Å². The molecule has 3 heterocycles. The molecule has 1 aromatic heterocycles. The summed E-state index contributed by atoms with van der Waals surface area (Å²) in [5, 5.41) is 0. The van der Waals surface area contributed by atoms with E-state index >= 15 is 0 Å². The van der Waals surface area contributed by atoms with Crippen molar-refractivity contribution in [2.24, 2.45) is 0 Å². The molecule has 0 N–H and O–H groups in total. The molecule has 2 aliphatic rings. The van der Waals surface area contributed by atoms with Crippen LogP contribution in [0.3, 0.4) is 0 Å². The van der Waals surface area contributed by atoms with E-state index in [1.807, 2.05) is 6.92 Å². The predicted molar refractivity (Wildman–Crippen MR) is 113 cm³/mol. The first kappa shape index (κ1) is 18.1. The van der Waals surface area contributed by atoms with Crippen molar-refractivity contribution in [3.8, 4) is 0 Å². The Morgan fingerprint density at radius 2 is 1.30 bits per heavy atom. The summed E-state index contributed by atoms with van der Waals surface area (Å²) in [4.78, 5) is 16.8. The van der Waals surface area contributed by atoms with Crippen LogP contribution in [0.25, 0.3) is 0 Å². The smallest absolute Gasteiger partial charge is 0.134 e. The quantitative estimate of drug-likeness (QED) is 0.828. The van der Waals surface area contributed by atoms with Gasteiger partial charge in [0.05, 0.1) is 0 Å². The van der Waals surface area contributed by atoms with Crippen LogP contribution in [0.5, 0.6) is 0 Å². The number of aryl methyl sites for hydroxylation is 2. The number of aromatic nitrogens is 2. The van der Waals surface area contributed by atoms with Crippen molar-refractivity contribution in [1.29, 1.82) is 0 Å². The number of nitrogens with zero attached hydrogens (tertiary/aromatic N) is 5. The lowest BCUT2D eigenvalue weighted by Crippen LogP contribution is -2.47. The fraction of sp³-hybridized carbons (Fsp3) is 0.545. The molecular formula is C22H31N5. The van der Waals surface area contributed by atoms with Gasteiger partial charge in [-0.15, -0.1) is 0 Å². The lowest BCUT2D eigenvalue weighted by atomic mass is 10.1. The molecule has 0 spiro atoms. The first-order valence-electron chi connectivity index (χ1n) is 10.3. The van der Waals surface area contributed by atoms with Gasteiger partial charge >= 0.3 is 0 Å². The fourth-order valence-electron chi connectivity index (χ4n) is 4.24. The van der Waals surface area contributed by atoms with Crippen LogP contribution in [0.15, 0.2) is 24.3 Å². The minimum atomic E-state index is 0.880. The van der Waals surface area contributed by atoms with Gasteiger partial charge in [-0.05, 0) is 57.2 Å². The fourth-order valence-corrected chi connectivity index (χ4v) is 4.24. The highest BCUT2D eigenvalue weighted by Crippen LogP contribution is 2.26. The van der Waals surface area contributed by atoms with Crippen LogP contribution in [-0.4, -0.2) is 49.2 Å². The summed E-state index contributed by atoms with van der Waals surface area (Å²) in [6.45, 7) is 12.8. The third-order valence-corrected chi connectivity index (χ3v) is 6.01. The molecule has 0 bridgehead atoms. The molecule has 2 saturated heterocycles. The second kappa shape index (κ2) is 7.75. The van der Waals surface area contributed by atoms with E-state index in [9.17, 15) is 0 Å². The van der Waals surface area contributed by atoms with Gasteiger partial charge in [0, 0.05) is 51.0 Å². The molecule has 0 radical (unpaired) electrons. The van der Waals surface area contributed by atoms with E-state index in [0.29, 0.717) is 0 Å². The lowest BCUT2D eigenvalue weighted by Gasteiger charge is -2.38. The topological polar surface area (TPSA) is 35.5 Å². The van der Waals surface area contributed by atoms with Crippen LogP contribution in [0.4, 0.5) is 17.3 Å². The minimum absolute atomic E-state index is 0.880. The summed E-state index contributed by atoms with van der Waals surface area (Å²) >= 11 is 0. The van der Waals surface area contributed by atoms with Crippen molar-refractivity contribution >= 4 is 17.3 Å². The van der Waals surface area contributed by atoms with Gasteiger partial charge in [-0.25, -0.2) is 9.97 Å². The molecule has 27 heavy (non-hydrogen) atoms. The first-order chi connectivity index (χ1) is 13.1. The van der Waals surface area contributed by atoms with E-state index in [4.69, 9.17) is 9.97 Å². The molecule has 2 aliphatic heterocycles. The Labute approximate surface area is 163 Å². The highest BCUT2D eigenvalue weighted by atomic mass is 15.3. The zero-order valence-electron chi connectivity index (χ0n) is 16.9. The zero-order chi connectivity index (χ0) is 18.8. The second-order valence-electron chi connectivity index (χ2n) is 7.87. The average molecular weight is 366 g/mol. The van der Waals surface area contributed by atoms with Gasteiger partial charge in [-0.2, -0.15) is 0 Å². The summed E-state index contributed by atoms with van der Waals surface area (Å²) in [5.41, 5.74) is 4.14. The van der Waals surface area contributed by atoms with Crippen molar-refractivity contribution in [1.82, 2.24) is 9.97 Å². The van der Waals surface area contributed by atoms with Gasteiger partial charge in [0.1, 0.15) is 17.5 Å². The maximum atomic E-state index is 4.75. The molecule has 4 rings (SSSR count). The van der Waals surface area contributed by atoms with E-state index in [1.54, 1.807) is 0 Å². The Hall–Kier alpha value is -2.30. The molecule has 144 valence electrons. The molecule has 2 aromatic rings. The minimum Gasteiger partial charge on any atom is -0.368 e. The normalized spacial score (nSPS) is 18.1. The molecular weight excluding hydrogens is 334 g/mol. The number of piperidine rings is 1.